The Balaban J connectivity index is 2.25. The minimum atomic E-state index is 0.149. The molecule has 21 heavy (non-hydrogen) atoms. The standard InChI is InChI=1S/C19H31NO/c1-14-8-7-9-15(2)17(14)12-19(10-11-21-16(19)3)13-20-18(4,5)6/h7-9,16,20H,10-13H2,1-6H3. The minimum absolute atomic E-state index is 0.149. The van der Waals surface area contributed by atoms with Crippen molar-refractivity contribution < 1.29 is 4.74 Å². The zero-order chi connectivity index (χ0) is 15.7. The second-order valence-corrected chi connectivity index (χ2v) is 7.78. The van der Waals surface area contributed by atoms with E-state index in [2.05, 4.69) is 65.1 Å². The van der Waals surface area contributed by atoms with Crippen LogP contribution >= 0.6 is 0 Å². The van der Waals surface area contributed by atoms with Crippen molar-refractivity contribution in [2.45, 2.75) is 66.0 Å². The van der Waals surface area contributed by atoms with Crippen LogP contribution in [0.1, 0.15) is 50.8 Å². The van der Waals surface area contributed by atoms with Crippen molar-refractivity contribution in [3.63, 3.8) is 0 Å². The molecule has 1 aliphatic rings. The summed E-state index contributed by atoms with van der Waals surface area (Å²) >= 11 is 0. The SMILES string of the molecule is Cc1cccc(C)c1CC1(CNC(C)(C)C)CCOC1C. The Morgan fingerprint density at radius 3 is 2.33 bits per heavy atom. The van der Waals surface area contributed by atoms with E-state index in [1.54, 1.807) is 0 Å². The molecular formula is C19H31NO. The lowest BCUT2D eigenvalue weighted by molar-refractivity contribution is 0.0596. The van der Waals surface area contributed by atoms with E-state index in [1.165, 1.54) is 16.7 Å². The van der Waals surface area contributed by atoms with Crippen LogP contribution in [-0.2, 0) is 11.2 Å². The maximum absolute atomic E-state index is 5.95. The molecule has 1 saturated heterocycles. The highest BCUT2D eigenvalue weighted by atomic mass is 16.5. The quantitative estimate of drug-likeness (QED) is 0.903. The van der Waals surface area contributed by atoms with Crippen LogP contribution in [0.2, 0.25) is 0 Å². The highest BCUT2D eigenvalue weighted by Gasteiger charge is 2.42. The lowest BCUT2D eigenvalue weighted by Crippen LogP contribution is -2.47. The van der Waals surface area contributed by atoms with E-state index in [0.717, 1.165) is 26.0 Å². The molecule has 2 rings (SSSR count). The molecule has 0 spiro atoms. The molecule has 1 heterocycles. The molecule has 0 aliphatic carbocycles. The Labute approximate surface area is 130 Å². The number of nitrogens with one attached hydrogen (secondary N) is 1. The van der Waals surface area contributed by atoms with Crippen LogP contribution in [0.25, 0.3) is 0 Å². The van der Waals surface area contributed by atoms with Gasteiger partial charge in [-0.1, -0.05) is 18.2 Å². The fourth-order valence-corrected chi connectivity index (χ4v) is 3.27. The lowest BCUT2D eigenvalue weighted by atomic mass is 9.74. The summed E-state index contributed by atoms with van der Waals surface area (Å²) in [6, 6.07) is 6.62. The molecule has 0 aromatic heterocycles. The average Bonchev–Trinajstić information content (AvgIpc) is 2.73. The molecule has 0 amide bonds. The van der Waals surface area contributed by atoms with Crippen molar-refractivity contribution >= 4 is 0 Å². The summed E-state index contributed by atoms with van der Waals surface area (Å²) in [6.07, 6.45) is 2.56. The maximum Gasteiger partial charge on any atom is 0.0619 e. The Morgan fingerprint density at radius 1 is 1.24 bits per heavy atom. The monoisotopic (exact) mass is 289 g/mol. The van der Waals surface area contributed by atoms with Crippen LogP contribution in [0.4, 0.5) is 0 Å². The van der Waals surface area contributed by atoms with Crippen LogP contribution in [0, 0.1) is 19.3 Å². The molecule has 1 aromatic rings. The van der Waals surface area contributed by atoms with Crippen molar-refractivity contribution in [2.24, 2.45) is 5.41 Å². The summed E-state index contributed by atoms with van der Waals surface area (Å²) in [4.78, 5) is 0. The molecule has 0 saturated carbocycles. The smallest absolute Gasteiger partial charge is 0.0619 e. The highest BCUT2D eigenvalue weighted by molar-refractivity contribution is 5.34. The normalized spacial score (nSPS) is 26.3. The number of benzene rings is 1. The van der Waals surface area contributed by atoms with Gasteiger partial charge in [-0.25, -0.2) is 0 Å². The molecule has 1 aliphatic heterocycles. The zero-order valence-electron chi connectivity index (χ0n) is 14.5. The molecule has 2 unspecified atom stereocenters. The van der Waals surface area contributed by atoms with Gasteiger partial charge in [-0.3, -0.25) is 0 Å². The first kappa shape index (κ1) is 16.5. The van der Waals surface area contributed by atoms with Gasteiger partial charge in [-0.2, -0.15) is 0 Å². The third kappa shape index (κ3) is 3.87. The van der Waals surface area contributed by atoms with Crippen LogP contribution < -0.4 is 5.32 Å². The molecule has 118 valence electrons. The fourth-order valence-electron chi connectivity index (χ4n) is 3.27. The average molecular weight is 289 g/mol. The molecule has 0 bridgehead atoms. The summed E-state index contributed by atoms with van der Waals surface area (Å²) in [5.74, 6) is 0. The molecule has 2 atom stereocenters. The van der Waals surface area contributed by atoms with Gasteiger partial charge in [-0.15, -0.1) is 0 Å². The highest BCUT2D eigenvalue weighted by Crippen LogP contribution is 2.39. The van der Waals surface area contributed by atoms with Crippen molar-refractivity contribution in [3.05, 3.63) is 34.9 Å². The van der Waals surface area contributed by atoms with E-state index in [1.807, 2.05) is 0 Å². The molecular weight excluding hydrogens is 258 g/mol. The number of rotatable bonds is 4. The Hall–Kier alpha value is -0.860. The third-order valence-electron chi connectivity index (χ3n) is 4.97. The van der Waals surface area contributed by atoms with Crippen LogP contribution in [-0.4, -0.2) is 24.8 Å². The van der Waals surface area contributed by atoms with Crippen molar-refractivity contribution in [1.29, 1.82) is 0 Å². The third-order valence-corrected chi connectivity index (χ3v) is 4.97. The van der Waals surface area contributed by atoms with Crippen molar-refractivity contribution in [2.75, 3.05) is 13.2 Å². The van der Waals surface area contributed by atoms with Gasteiger partial charge in [0.1, 0.15) is 0 Å². The number of ether oxygens (including phenoxy) is 1. The van der Waals surface area contributed by atoms with E-state index in [9.17, 15) is 0 Å². The topological polar surface area (TPSA) is 21.3 Å². The Morgan fingerprint density at radius 2 is 1.86 bits per heavy atom. The first-order valence-corrected chi connectivity index (χ1v) is 8.15. The first-order valence-electron chi connectivity index (χ1n) is 8.15. The van der Waals surface area contributed by atoms with Gasteiger partial charge in [0.15, 0.2) is 0 Å². The van der Waals surface area contributed by atoms with Crippen molar-refractivity contribution in [3.8, 4) is 0 Å². The Bertz CT molecular complexity index is 469. The van der Waals surface area contributed by atoms with Gasteiger partial charge >= 0.3 is 0 Å². The van der Waals surface area contributed by atoms with Crippen molar-refractivity contribution in [1.82, 2.24) is 5.32 Å². The molecule has 1 N–H and O–H groups in total. The fraction of sp³-hybridized carbons (Fsp3) is 0.684. The van der Waals surface area contributed by atoms with E-state index in [0.29, 0.717) is 6.10 Å². The first-order chi connectivity index (χ1) is 9.73. The second kappa shape index (κ2) is 6.10. The van der Waals surface area contributed by atoms with Gasteiger partial charge < -0.3 is 10.1 Å². The maximum atomic E-state index is 5.95. The molecule has 1 fully saturated rings. The molecule has 0 radical (unpaired) electrons. The minimum Gasteiger partial charge on any atom is -0.378 e. The summed E-state index contributed by atoms with van der Waals surface area (Å²) in [5, 5.41) is 3.71. The van der Waals surface area contributed by atoms with Gasteiger partial charge in [0.2, 0.25) is 0 Å². The van der Waals surface area contributed by atoms with E-state index in [-0.39, 0.29) is 11.0 Å². The molecule has 2 heteroatoms. The number of hydrogen-bond donors (Lipinski definition) is 1. The van der Waals surface area contributed by atoms with E-state index >= 15 is 0 Å². The number of aryl methyl sites for hydroxylation is 2. The van der Waals surface area contributed by atoms with E-state index in [4.69, 9.17) is 4.74 Å². The summed E-state index contributed by atoms with van der Waals surface area (Å²) in [7, 11) is 0. The largest absolute Gasteiger partial charge is 0.378 e. The van der Waals surface area contributed by atoms with Gasteiger partial charge in [0.05, 0.1) is 6.10 Å². The lowest BCUT2D eigenvalue weighted by Gasteiger charge is -2.36. The molecule has 2 nitrogen and oxygen atoms in total. The second-order valence-electron chi connectivity index (χ2n) is 7.78. The van der Waals surface area contributed by atoms with Gasteiger partial charge in [0.25, 0.3) is 0 Å². The predicted molar refractivity (Wildman–Crippen MR) is 89.8 cm³/mol. The Kier molecular flexibility index (Phi) is 4.79. The number of hydrogen-bond acceptors (Lipinski definition) is 2. The van der Waals surface area contributed by atoms with Crippen LogP contribution in [0.3, 0.4) is 0 Å². The predicted octanol–water partition coefficient (Wildman–Crippen LogP) is 4.03. The van der Waals surface area contributed by atoms with Gasteiger partial charge in [0, 0.05) is 24.1 Å². The zero-order valence-corrected chi connectivity index (χ0v) is 14.5. The summed E-state index contributed by atoms with van der Waals surface area (Å²) in [5.41, 5.74) is 4.68. The van der Waals surface area contributed by atoms with Crippen LogP contribution in [0.5, 0.6) is 0 Å². The van der Waals surface area contributed by atoms with Crippen LogP contribution in [0.15, 0.2) is 18.2 Å². The van der Waals surface area contributed by atoms with Gasteiger partial charge in [-0.05, 0) is 71.1 Å². The van der Waals surface area contributed by atoms with E-state index < -0.39 is 0 Å². The summed E-state index contributed by atoms with van der Waals surface area (Å²) < 4.78 is 5.95. The summed E-state index contributed by atoms with van der Waals surface area (Å²) in [6.45, 7) is 15.3. The molecule has 1 aromatic carbocycles.